The number of rotatable bonds is 4. The van der Waals surface area contributed by atoms with E-state index in [-0.39, 0.29) is 6.61 Å². The Labute approximate surface area is 165 Å². The van der Waals surface area contributed by atoms with E-state index in [0.717, 1.165) is 41.6 Å². The molecular weight excluding hydrogens is 352 g/mol. The molecule has 1 N–H and O–H groups in total. The second-order valence-electron chi connectivity index (χ2n) is 8.72. The van der Waals surface area contributed by atoms with E-state index in [1.807, 2.05) is 11.7 Å². The summed E-state index contributed by atoms with van der Waals surface area (Å²) in [6.07, 6.45) is 3.78. The van der Waals surface area contributed by atoms with Crippen molar-refractivity contribution in [1.82, 2.24) is 19.9 Å². The van der Waals surface area contributed by atoms with Gasteiger partial charge in [0, 0.05) is 30.5 Å². The number of aliphatic hydroxyl groups excluding tert-OH is 1. The summed E-state index contributed by atoms with van der Waals surface area (Å²) in [6, 6.07) is 4.12. The van der Waals surface area contributed by atoms with Crippen molar-refractivity contribution in [2.45, 2.75) is 53.4 Å². The molecule has 1 aliphatic rings. The van der Waals surface area contributed by atoms with E-state index >= 15 is 0 Å². The van der Waals surface area contributed by atoms with Gasteiger partial charge in [-0.15, -0.1) is 0 Å². The summed E-state index contributed by atoms with van der Waals surface area (Å²) in [5, 5.41) is 18.2. The van der Waals surface area contributed by atoms with Gasteiger partial charge >= 0.3 is 0 Å². The lowest BCUT2D eigenvalue weighted by Crippen LogP contribution is -2.23. The summed E-state index contributed by atoms with van der Waals surface area (Å²) >= 11 is 0. The fourth-order valence-corrected chi connectivity index (χ4v) is 4.33. The van der Waals surface area contributed by atoms with Gasteiger partial charge in [0.15, 0.2) is 5.69 Å². The maximum Gasteiger partial charge on any atom is 0.279 e. The molecule has 0 saturated carbocycles. The minimum atomic E-state index is 0.148. The van der Waals surface area contributed by atoms with Crippen molar-refractivity contribution in [1.29, 1.82) is 0 Å². The molecular formula is C22H28N4O2. The van der Waals surface area contributed by atoms with Crippen molar-refractivity contribution >= 4 is 0 Å². The van der Waals surface area contributed by atoms with Crippen LogP contribution in [0.2, 0.25) is 0 Å². The molecule has 3 aromatic rings. The van der Waals surface area contributed by atoms with Crippen LogP contribution in [-0.4, -0.2) is 31.6 Å². The zero-order chi connectivity index (χ0) is 20.1. The van der Waals surface area contributed by atoms with E-state index in [0.29, 0.717) is 23.6 Å². The van der Waals surface area contributed by atoms with Crippen LogP contribution in [0.5, 0.6) is 0 Å². The van der Waals surface area contributed by atoms with Crippen LogP contribution in [-0.2, 0) is 26.3 Å². The van der Waals surface area contributed by atoms with Gasteiger partial charge in [-0.3, -0.25) is 4.68 Å². The molecule has 2 heterocycles. The largest absolute Gasteiger partial charge is 0.396 e. The average molecular weight is 380 g/mol. The number of hydrogen-bond acceptors (Lipinski definition) is 5. The Balaban J connectivity index is 1.70. The molecule has 0 saturated heterocycles. The number of aliphatic hydroxyl groups is 1. The van der Waals surface area contributed by atoms with Gasteiger partial charge in [0.05, 0.1) is 0 Å². The highest BCUT2D eigenvalue weighted by Gasteiger charge is 2.32. The van der Waals surface area contributed by atoms with Crippen LogP contribution in [0.15, 0.2) is 16.7 Å². The summed E-state index contributed by atoms with van der Waals surface area (Å²) < 4.78 is 7.58. The number of fused-ring (bicyclic) bond motifs is 1. The summed E-state index contributed by atoms with van der Waals surface area (Å²) in [6.45, 7) is 8.87. The van der Waals surface area contributed by atoms with Crippen molar-refractivity contribution in [2.75, 3.05) is 6.61 Å². The molecule has 2 aromatic heterocycles. The van der Waals surface area contributed by atoms with Gasteiger partial charge in [-0.2, -0.15) is 10.1 Å². The Morgan fingerprint density at radius 2 is 1.93 bits per heavy atom. The highest BCUT2D eigenvalue weighted by Crippen LogP contribution is 2.38. The molecule has 0 radical (unpaired) electrons. The molecule has 148 valence electrons. The topological polar surface area (TPSA) is 77.0 Å². The number of benzene rings is 1. The number of hydrogen-bond donors (Lipinski definition) is 1. The maximum absolute atomic E-state index is 9.27. The van der Waals surface area contributed by atoms with E-state index in [1.165, 1.54) is 16.8 Å². The third-order valence-corrected chi connectivity index (χ3v) is 5.92. The fourth-order valence-electron chi connectivity index (χ4n) is 4.33. The zero-order valence-electron chi connectivity index (χ0n) is 17.3. The quantitative estimate of drug-likeness (QED) is 0.745. The molecule has 28 heavy (non-hydrogen) atoms. The smallest absolute Gasteiger partial charge is 0.279 e. The molecule has 0 aliphatic heterocycles. The lowest BCUT2D eigenvalue weighted by Gasteiger charge is -2.29. The van der Waals surface area contributed by atoms with Crippen LogP contribution in [0, 0.1) is 19.3 Å². The van der Waals surface area contributed by atoms with Gasteiger partial charge < -0.3 is 9.63 Å². The van der Waals surface area contributed by atoms with Gasteiger partial charge in [-0.05, 0) is 73.8 Å². The molecule has 6 nitrogen and oxygen atoms in total. The molecule has 0 unspecified atom stereocenters. The SMILES string of the molecule is Cc1cc(-c2noc(-c3nn(C)c4c3CCC(C)(C)C4)n2)cc(C)c1CCO. The number of aromatic nitrogens is 4. The Bertz CT molecular complexity index is 1010. The van der Waals surface area contributed by atoms with Crippen LogP contribution in [0.1, 0.15) is 48.2 Å². The summed E-state index contributed by atoms with van der Waals surface area (Å²) in [7, 11) is 1.99. The molecule has 0 spiro atoms. The second kappa shape index (κ2) is 6.85. The Morgan fingerprint density at radius 3 is 2.61 bits per heavy atom. The molecule has 6 heteroatoms. The van der Waals surface area contributed by atoms with Crippen LogP contribution in [0.3, 0.4) is 0 Å². The van der Waals surface area contributed by atoms with Crippen LogP contribution in [0.4, 0.5) is 0 Å². The Kier molecular flexibility index (Phi) is 4.62. The van der Waals surface area contributed by atoms with Crippen molar-refractivity contribution in [3.63, 3.8) is 0 Å². The van der Waals surface area contributed by atoms with E-state index in [9.17, 15) is 5.11 Å². The minimum Gasteiger partial charge on any atom is -0.396 e. The normalized spacial score (nSPS) is 15.6. The monoisotopic (exact) mass is 380 g/mol. The van der Waals surface area contributed by atoms with Crippen LogP contribution < -0.4 is 0 Å². The third kappa shape index (κ3) is 3.26. The first-order chi connectivity index (χ1) is 13.3. The third-order valence-electron chi connectivity index (χ3n) is 5.92. The lowest BCUT2D eigenvalue weighted by molar-refractivity contribution is 0.299. The van der Waals surface area contributed by atoms with Crippen LogP contribution >= 0.6 is 0 Å². The van der Waals surface area contributed by atoms with Gasteiger partial charge in [-0.1, -0.05) is 19.0 Å². The highest BCUT2D eigenvalue weighted by atomic mass is 16.5. The van der Waals surface area contributed by atoms with E-state index < -0.39 is 0 Å². The Morgan fingerprint density at radius 1 is 1.21 bits per heavy atom. The maximum atomic E-state index is 9.27. The van der Waals surface area contributed by atoms with Gasteiger partial charge in [0.1, 0.15) is 0 Å². The summed E-state index contributed by atoms with van der Waals surface area (Å²) in [5.41, 5.74) is 7.99. The predicted octanol–water partition coefficient (Wildman–Crippen LogP) is 3.80. The molecule has 1 aliphatic carbocycles. The van der Waals surface area contributed by atoms with Crippen LogP contribution in [0.25, 0.3) is 23.0 Å². The highest BCUT2D eigenvalue weighted by molar-refractivity contribution is 5.63. The first kappa shape index (κ1) is 18.9. The average Bonchev–Trinajstić information content (AvgIpc) is 3.22. The van der Waals surface area contributed by atoms with Crippen molar-refractivity contribution in [3.8, 4) is 23.0 Å². The van der Waals surface area contributed by atoms with Crippen molar-refractivity contribution in [3.05, 3.63) is 40.1 Å². The van der Waals surface area contributed by atoms with Gasteiger partial charge in [-0.25, -0.2) is 0 Å². The van der Waals surface area contributed by atoms with E-state index in [4.69, 9.17) is 9.62 Å². The lowest BCUT2D eigenvalue weighted by atomic mass is 9.76. The predicted molar refractivity (Wildman–Crippen MR) is 108 cm³/mol. The molecule has 0 bridgehead atoms. The standard InChI is InChI=1S/C22H28N4O2/c1-13-10-15(11-14(2)16(13)7-9-27)20-23-21(28-25-20)19-17-6-8-22(3,4)12-18(17)26(5)24-19/h10-11,27H,6-9,12H2,1-5H3. The first-order valence-electron chi connectivity index (χ1n) is 9.89. The molecule has 4 rings (SSSR count). The fraction of sp³-hybridized carbons (Fsp3) is 0.500. The minimum absolute atomic E-state index is 0.148. The van der Waals surface area contributed by atoms with Crippen molar-refractivity contribution < 1.29 is 9.63 Å². The molecule has 0 fully saturated rings. The van der Waals surface area contributed by atoms with Gasteiger partial charge in [0.2, 0.25) is 5.82 Å². The summed E-state index contributed by atoms with van der Waals surface area (Å²) in [5.74, 6) is 1.06. The molecule has 0 atom stereocenters. The Hall–Kier alpha value is -2.47. The second-order valence-corrected chi connectivity index (χ2v) is 8.72. The number of nitrogens with zero attached hydrogens (tertiary/aromatic N) is 4. The number of aryl methyl sites for hydroxylation is 3. The van der Waals surface area contributed by atoms with E-state index in [1.54, 1.807) is 0 Å². The molecule has 0 amide bonds. The zero-order valence-corrected chi connectivity index (χ0v) is 17.3. The van der Waals surface area contributed by atoms with Crippen molar-refractivity contribution in [2.24, 2.45) is 12.5 Å². The summed E-state index contributed by atoms with van der Waals surface area (Å²) in [4.78, 5) is 4.66. The first-order valence-corrected chi connectivity index (χ1v) is 9.89. The van der Waals surface area contributed by atoms with E-state index in [2.05, 4.69) is 50.0 Å². The van der Waals surface area contributed by atoms with Gasteiger partial charge in [0.25, 0.3) is 5.89 Å². The molecule has 1 aromatic carbocycles.